The summed E-state index contributed by atoms with van der Waals surface area (Å²) in [7, 11) is -1.90. The molecule has 2 N–H and O–H groups in total. The van der Waals surface area contributed by atoms with Crippen LogP contribution in [0.5, 0.6) is 0 Å². The first-order valence-corrected chi connectivity index (χ1v) is 14.9. The van der Waals surface area contributed by atoms with Gasteiger partial charge in [0.25, 0.3) is 0 Å². The number of para-hydroxylation sites is 1. The summed E-state index contributed by atoms with van der Waals surface area (Å²) < 4.78 is 33.8. The van der Waals surface area contributed by atoms with Crippen molar-refractivity contribution in [1.29, 1.82) is 0 Å². The lowest BCUT2D eigenvalue weighted by atomic mass is 10.2. The molecule has 6 rings (SSSR count). The Kier molecular flexibility index (Phi) is 6.94. The second kappa shape index (κ2) is 10.7. The molecular weight excluding hydrogens is 562 g/mol. The molecule has 1 fully saturated rings. The Morgan fingerprint density at radius 2 is 1.95 bits per heavy atom. The van der Waals surface area contributed by atoms with Gasteiger partial charge in [0.1, 0.15) is 12.6 Å². The molecule has 0 radical (unpaired) electrons. The van der Waals surface area contributed by atoms with Gasteiger partial charge in [0.15, 0.2) is 21.3 Å². The standard InChI is InChI=1S/C27H27N9O5S/c1-34-14-18(13-29-34)23-32-24-19-9-6-10-21(42(2,39)40)22(19)31-26(36(24)33-23)30-20-15-35(12-11-28-25(20)37)27(38)41-16-17-7-4-3-5-8-17/h3-10,13-14,20H,11-12,15-16H2,1-2H3,(H,28,37)(H,30,31)/t20-/m1/s1. The van der Waals surface area contributed by atoms with E-state index in [0.29, 0.717) is 22.4 Å². The van der Waals surface area contributed by atoms with Crippen molar-refractivity contribution in [2.24, 2.45) is 7.05 Å². The number of nitrogens with one attached hydrogen (secondary N) is 2. The van der Waals surface area contributed by atoms with Crippen LogP contribution in [0.2, 0.25) is 0 Å². The highest BCUT2D eigenvalue weighted by Crippen LogP contribution is 2.28. The van der Waals surface area contributed by atoms with Gasteiger partial charge in [0.2, 0.25) is 11.9 Å². The zero-order valence-corrected chi connectivity index (χ0v) is 23.6. The van der Waals surface area contributed by atoms with Crippen LogP contribution in [0.15, 0.2) is 65.8 Å². The summed E-state index contributed by atoms with van der Waals surface area (Å²) in [5.74, 6) is 0.0462. The second-order valence-corrected chi connectivity index (χ2v) is 11.9. The number of rotatable bonds is 6. The van der Waals surface area contributed by atoms with Gasteiger partial charge in [-0.05, 0) is 17.7 Å². The van der Waals surface area contributed by atoms with E-state index in [0.717, 1.165) is 11.8 Å². The summed E-state index contributed by atoms with van der Waals surface area (Å²) in [6.07, 6.45) is 3.88. The Morgan fingerprint density at radius 1 is 1.14 bits per heavy atom. The fraction of sp³-hybridized carbons (Fsp3) is 0.259. The van der Waals surface area contributed by atoms with E-state index in [1.807, 2.05) is 30.3 Å². The predicted octanol–water partition coefficient (Wildman–Crippen LogP) is 1.63. The minimum absolute atomic E-state index is 0.00733. The van der Waals surface area contributed by atoms with E-state index in [4.69, 9.17) is 4.74 Å². The number of carbonyl (C=O) groups excluding carboxylic acids is 2. The minimum atomic E-state index is -3.67. The monoisotopic (exact) mass is 589 g/mol. The minimum Gasteiger partial charge on any atom is -0.445 e. The average Bonchev–Trinajstić information content (AvgIpc) is 3.57. The predicted molar refractivity (Wildman–Crippen MR) is 152 cm³/mol. The number of hydrogen-bond donors (Lipinski definition) is 2. The molecule has 15 heteroatoms. The number of anilines is 1. The normalized spacial score (nSPS) is 15.9. The van der Waals surface area contributed by atoms with E-state index in [9.17, 15) is 18.0 Å². The number of ether oxygens (including phenoxy) is 1. The van der Waals surface area contributed by atoms with Gasteiger partial charge >= 0.3 is 6.09 Å². The third-order valence-corrected chi connectivity index (χ3v) is 7.92. The second-order valence-electron chi connectivity index (χ2n) is 9.91. The number of aryl methyl sites for hydroxylation is 1. The van der Waals surface area contributed by atoms with Crippen LogP contribution >= 0.6 is 0 Å². The SMILES string of the molecule is Cn1cc(-c2nc3c4cccc(S(C)(=O)=O)c4nc(N[C@@H]4CN(C(=O)OCc5ccccc5)CCNC4=O)n3n2)cn1. The van der Waals surface area contributed by atoms with Gasteiger partial charge in [-0.25, -0.2) is 23.2 Å². The third kappa shape index (κ3) is 5.33. The lowest BCUT2D eigenvalue weighted by molar-refractivity contribution is -0.121. The summed E-state index contributed by atoms with van der Waals surface area (Å²) in [5, 5.41) is 15.1. The summed E-state index contributed by atoms with van der Waals surface area (Å²) in [6, 6.07) is 13.1. The number of aromatic nitrogens is 6. The number of sulfone groups is 1. The van der Waals surface area contributed by atoms with Gasteiger partial charge in [0, 0.05) is 38.0 Å². The van der Waals surface area contributed by atoms with Gasteiger partial charge in [0.05, 0.1) is 28.7 Å². The number of nitrogens with zero attached hydrogens (tertiary/aromatic N) is 7. The van der Waals surface area contributed by atoms with Crippen molar-refractivity contribution in [2.45, 2.75) is 17.5 Å². The highest BCUT2D eigenvalue weighted by molar-refractivity contribution is 7.91. The van der Waals surface area contributed by atoms with Gasteiger partial charge in [-0.15, -0.1) is 5.10 Å². The Labute approximate surface area is 240 Å². The Bertz CT molecular complexity index is 1920. The van der Waals surface area contributed by atoms with Crippen LogP contribution < -0.4 is 10.6 Å². The maximum absolute atomic E-state index is 13.1. The first-order chi connectivity index (χ1) is 20.2. The van der Waals surface area contributed by atoms with Crippen molar-refractivity contribution >= 4 is 44.3 Å². The van der Waals surface area contributed by atoms with Crippen molar-refractivity contribution in [3.63, 3.8) is 0 Å². The smallest absolute Gasteiger partial charge is 0.410 e. The lowest BCUT2D eigenvalue weighted by Crippen LogP contribution is -2.44. The molecule has 0 saturated carbocycles. The maximum Gasteiger partial charge on any atom is 0.410 e. The topological polar surface area (TPSA) is 166 Å². The zero-order chi connectivity index (χ0) is 29.4. The van der Waals surface area contributed by atoms with E-state index in [1.165, 1.54) is 15.5 Å². The van der Waals surface area contributed by atoms with Crippen LogP contribution in [0.4, 0.5) is 10.7 Å². The molecule has 0 bridgehead atoms. The molecule has 2 aromatic carbocycles. The molecule has 42 heavy (non-hydrogen) atoms. The zero-order valence-electron chi connectivity index (χ0n) is 22.8. The molecule has 1 atom stereocenters. The molecule has 1 saturated heterocycles. The van der Waals surface area contributed by atoms with Crippen LogP contribution in [-0.4, -0.2) is 86.6 Å². The first-order valence-electron chi connectivity index (χ1n) is 13.1. The molecule has 0 unspecified atom stereocenters. The van der Waals surface area contributed by atoms with Crippen LogP contribution in [0.1, 0.15) is 5.56 Å². The summed E-state index contributed by atoms with van der Waals surface area (Å²) >= 11 is 0. The molecule has 14 nitrogen and oxygen atoms in total. The number of fused-ring (bicyclic) bond motifs is 3. The van der Waals surface area contributed by atoms with Crippen molar-refractivity contribution < 1.29 is 22.7 Å². The number of amides is 2. The molecular formula is C27H27N9O5S. The summed E-state index contributed by atoms with van der Waals surface area (Å²) in [6.45, 7) is 0.529. The van der Waals surface area contributed by atoms with Crippen molar-refractivity contribution in [2.75, 3.05) is 31.2 Å². The molecule has 1 aliphatic rings. The van der Waals surface area contributed by atoms with E-state index in [1.54, 1.807) is 36.3 Å². The van der Waals surface area contributed by atoms with Crippen molar-refractivity contribution in [3.8, 4) is 11.4 Å². The van der Waals surface area contributed by atoms with Crippen molar-refractivity contribution in [3.05, 3.63) is 66.5 Å². The molecule has 216 valence electrons. The van der Waals surface area contributed by atoms with Crippen LogP contribution in [0.25, 0.3) is 27.9 Å². The number of carbonyl (C=O) groups is 2. The molecule has 0 aliphatic carbocycles. The molecule has 5 aromatic rings. The van der Waals surface area contributed by atoms with Crippen molar-refractivity contribution in [1.82, 2.24) is 39.6 Å². The quantitative estimate of drug-likeness (QED) is 0.297. The highest BCUT2D eigenvalue weighted by atomic mass is 32.2. The van der Waals surface area contributed by atoms with E-state index in [2.05, 4.69) is 30.8 Å². The molecule has 3 aromatic heterocycles. The van der Waals surface area contributed by atoms with Gasteiger partial charge in [-0.1, -0.05) is 36.4 Å². The van der Waals surface area contributed by atoms with E-state index < -0.39 is 22.0 Å². The van der Waals surface area contributed by atoms with Gasteiger partial charge in [-0.3, -0.25) is 9.48 Å². The van der Waals surface area contributed by atoms with Crippen LogP contribution in [0.3, 0.4) is 0 Å². The fourth-order valence-corrected chi connectivity index (χ4v) is 5.56. The van der Waals surface area contributed by atoms with Gasteiger partial charge < -0.3 is 20.3 Å². The fourth-order valence-electron chi connectivity index (χ4n) is 4.73. The Balaban J connectivity index is 1.38. The lowest BCUT2D eigenvalue weighted by Gasteiger charge is -2.23. The van der Waals surface area contributed by atoms with E-state index >= 15 is 0 Å². The van der Waals surface area contributed by atoms with Crippen LogP contribution in [-0.2, 0) is 33.0 Å². The summed E-state index contributed by atoms with van der Waals surface area (Å²) in [4.78, 5) is 36.8. The highest BCUT2D eigenvalue weighted by Gasteiger charge is 2.30. The number of benzene rings is 2. The molecule has 1 aliphatic heterocycles. The number of hydrogen-bond acceptors (Lipinski definition) is 10. The molecule has 4 heterocycles. The third-order valence-electron chi connectivity index (χ3n) is 6.79. The van der Waals surface area contributed by atoms with Gasteiger partial charge in [-0.2, -0.15) is 9.61 Å². The largest absolute Gasteiger partial charge is 0.445 e. The van der Waals surface area contributed by atoms with E-state index in [-0.39, 0.29) is 48.5 Å². The maximum atomic E-state index is 13.1. The Hall–Kier alpha value is -5.05. The summed E-state index contributed by atoms with van der Waals surface area (Å²) in [5.41, 5.74) is 1.98. The average molecular weight is 590 g/mol. The Morgan fingerprint density at radius 3 is 2.69 bits per heavy atom. The molecule has 2 amide bonds. The molecule has 0 spiro atoms. The first kappa shape index (κ1) is 27.1. The van der Waals surface area contributed by atoms with Crippen LogP contribution in [0, 0.1) is 0 Å².